The van der Waals surface area contributed by atoms with Gasteiger partial charge in [-0.1, -0.05) is 11.2 Å². The van der Waals surface area contributed by atoms with Crippen molar-refractivity contribution < 1.29 is 4.52 Å². The molecule has 0 unspecified atom stereocenters. The third-order valence-corrected chi connectivity index (χ3v) is 3.07. The normalized spacial score (nSPS) is 13.6. The van der Waals surface area contributed by atoms with E-state index in [1.165, 1.54) is 11.4 Å². The van der Waals surface area contributed by atoms with Gasteiger partial charge in [-0.25, -0.2) is 0 Å². The summed E-state index contributed by atoms with van der Waals surface area (Å²) in [4.78, 5) is 4.29. The monoisotopic (exact) mass is 241 g/mol. The van der Waals surface area contributed by atoms with Crippen molar-refractivity contribution >= 4 is 23.7 Å². The van der Waals surface area contributed by atoms with Crippen LogP contribution in [0.3, 0.4) is 0 Å². The summed E-state index contributed by atoms with van der Waals surface area (Å²) in [5.41, 5.74) is 3.22. The van der Waals surface area contributed by atoms with Crippen LogP contribution in [0.2, 0.25) is 0 Å². The average molecular weight is 241 g/mol. The van der Waals surface area contributed by atoms with Gasteiger partial charge < -0.3 is 14.3 Å². The predicted octanol–water partition coefficient (Wildman–Crippen LogP) is 0.779. The van der Waals surface area contributed by atoms with Gasteiger partial charge >= 0.3 is 0 Å². The number of hydrogen-bond acceptors (Lipinski definition) is 4. The van der Waals surface area contributed by atoms with Gasteiger partial charge in [-0.3, -0.25) is 0 Å². The van der Waals surface area contributed by atoms with Gasteiger partial charge in [0.25, 0.3) is 0 Å². The fourth-order valence-corrected chi connectivity index (χ4v) is 2.04. The van der Waals surface area contributed by atoms with Crippen molar-refractivity contribution in [2.24, 2.45) is 0 Å². The van der Waals surface area contributed by atoms with Gasteiger partial charge in [-0.05, 0) is 24.3 Å². The van der Waals surface area contributed by atoms with Crippen molar-refractivity contribution in [2.75, 3.05) is 30.4 Å². The fraction of sp³-hybridized carbons (Fsp3) is 0.214. The zero-order chi connectivity index (χ0) is 12.5. The van der Waals surface area contributed by atoms with Gasteiger partial charge in [0.15, 0.2) is 5.42 Å². The Bertz CT molecular complexity index is 672. The number of anilines is 2. The Morgan fingerprint density at radius 1 is 1.33 bits per heavy atom. The van der Waals surface area contributed by atoms with E-state index < -0.39 is 0 Å². The number of rotatable bonds is 2. The van der Waals surface area contributed by atoms with Crippen LogP contribution in [-0.2, 0) is 0 Å². The lowest BCUT2D eigenvalue weighted by Crippen LogP contribution is -2.32. The van der Waals surface area contributed by atoms with E-state index in [9.17, 15) is 0 Å². The lowest BCUT2D eigenvalue weighted by atomic mass is 10.2. The van der Waals surface area contributed by atoms with E-state index in [4.69, 9.17) is 4.52 Å². The summed E-state index contributed by atoms with van der Waals surface area (Å²) >= 11 is 0. The molecule has 1 aliphatic heterocycles. The van der Waals surface area contributed by atoms with Crippen molar-refractivity contribution in [3.63, 3.8) is 0 Å². The highest BCUT2D eigenvalue weighted by atomic mass is 16.5. The molecule has 1 aromatic heterocycles. The van der Waals surface area contributed by atoms with Crippen LogP contribution in [0, 0.1) is 0 Å². The number of fused-ring (bicyclic) bond motifs is 1. The van der Waals surface area contributed by atoms with Crippen LogP contribution in [0.5, 0.6) is 0 Å². The molecule has 1 aromatic carbocycles. The number of hydrogen-bond donors (Lipinski definition) is 0. The molecule has 0 N–H and O–H groups in total. The molecule has 0 fully saturated rings. The lowest BCUT2D eigenvalue weighted by Gasteiger charge is -2.22. The fourth-order valence-electron chi connectivity index (χ4n) is 2.04. The maximum Gasteiger partial charge on any atom is 0.166 e. The van der Waals surface area contributed by atoms with E-state index >= 15 is 0 Å². The summed E-state index contributed by atoms with van der Waals surface area (Å²) in [5, 5.41) is 4.83. The van der Waals surface area contributed by atoms with Crippen molar-refractivity contribution in [2.45, 2.75) is 0 Å². The second-order valence-corrected chi connectivity index (χ2v) is 4.55. The standard InChI is InChI=1S/C14H15N3O/c1-16(2)12-4-3-5-13(8-12)17-7-6-14-11(10-17)9-15-18-14/h3-6,8-10H,7H2,1-2H3. The Morgan fingerprint density at radius 3 is 3.06 bits per heavy atom. The number of benzene rings is 1. The molecule has 4 nitrogen and oxygen atoms in total. The molecule has 0 spiro atoms. The van der Waals surface area contributed by atoms with E-state index in [0.717, 1.165) is 17.2 Å². The van der Waals surface area contributed by atoms with Gasteiger partial charge in [0.05, 0.1) is 11.4 Å². The maximum atomic E-state index is 5.13. The average Bonchev–Trinajstić information content (AvgIpc) is 2.86. The molecule has 3 rings (SSSR count). The highest BCUT2D eigenvalue weighted by Gasteiger charge is 2.08. The Morgan fingerprint density at radius 2 is 2.22 bits per heavy atom. The summed E-state index contributed by atoms with van der Waals surface area (Å²) in [6.45, 7) is 0.805. The van der Waals surface area contributed by atoms with Crippen molar-refractivity contribution in [3.8, 4) is 0 Å². The van der Waals surface area contributed by atoms with E-state index in [-0.39, 0.29) is 0 Å². The summed E-state index contributed by atoms with van der Waals surface area (Å²) in [7, 11) is 4.09. The molecule has 0 saturated carbocycles. The largest absolute Gasteiger partial charge is 0.378 e. The van der Waals surface area contributed by atoms with Crippen molar-refractivity contribution in [1.82, 2.24) is 5.16 Å². The quantitative estimate of drug-likeness (QED) is 0.778. The Labute approximate surface area is 105 Å². The first-order chi connectivity index (χ1) is 8.74. The lowest BCUT2D eigenvalue weighted by molar-refractivity contribution is 0.393. The molecule has 0 bridgehead atoms. The minimum atomic E-state index is 0.805. The molecule has 1 aliphatic rings. The molecule has 0 aliphatic carbocycles. The first kappa shape index (κ1) is 10.9. The van der Waals surface area contributed by atoms with Gasteiger partial charge in [0.2, 0.25) is 0 Å². The maximum absolute atomic E-state index is 5.13. The first-order valence-electron chi connectivity index (χ1n) is 5.91. The molecule has 0 amide bonds. The van der Waals surface area contributed by atoms with Gasteiger partial charge in [-0.15, -0.1) is 0 Å². The van der Waals surface area contributed by atoms with Crippen LogP contribution in [0.1, 0.15) is 0 Å². The van der Waals surface area contributed by atoms with Crippen LogP contribution in [0.4, 0.5) is 11.4 Å². The Balaban J connectivity index is 2.00. The molecular weight excluding hydrogens is 226 g/mol. The molecule has 0 atom stereocenters. The smallest absolute Gasteiger partial charge is 0.166 e. The van der Waals surface area contributed by atoms with Crippen LogP contribution in [0.25, 0.3) is 12.3 Å². The molecule has 0 saturated heterocycles. The Hall–Kier alpha value is -2.23. The molecule has 4 heteroatoms. The Kier molecular flexibility index (Phi) is 2.55. The molecule has 0 radical (unpaired) electrons. The van der Waals surface area contributed by atoms with Gasteiger partial charge in [-0.2, -0.15) is 0 Å². The van der Waals surface area contributed by atoms with Crippen LogP contribution in [0.15, 0.2) is 35.0 Å². The van der Waals surface area contributed by atoms with Crippen molar-refractivity contribution in [3.05, 3.63) is 41.1 Å². The van der Waals surface area contributed by atoms with E-state index in [1.807, 2.05) is 20.2 Å². The van der Waals surface area contributed by atoms with Gasteiger partial charge in [0.1, 0.15) is 0 Å². The van der Waals surface area contributed by atoms with Crippen molar-refractivity contribution in [1.29, 1.82) is 0 Å². The number of nitrogens with zero attached hydrogens (tertiary/aromatic N) is 3. The second-order valence-electron chi connectivity index (χ2n) is 4.55. The second kappa shape index (κ2) is 4.22. The summed E-state index contributed by atoms with van der Waals surface area (Å²) < 4.78 is 5.13. The van der Waals surface area contributed by atoms with E-state index in [0.29, 0.717) is 0 Å². The molecule has 18 heavy (non-hydrogen) atoms. The highest BCUT2D eigenvalue weighted by molar-refractivity contribution is 5.67. The first-order valence-corrected chi connectivity index (χ1v) is 5.91. The highest BCUT2D eigenvalue weighted by Crippen LogP contribution is 2.21. The predicted molar refractivity (Wildman–Crippen MR) is 72.8 cm³/mol. The molecule has 2 aromatic rings. The van der Waals surface area contributed by atoms with E-state index in [1.54, 1.807) is 6.20 Å². The number of aromatic nitrogens is 1. The third kappa shape index (κ3) is 1.86. The van der Waals surface area contributed by atoms with Crippen LogP contribution in [-0.4, -0.2) is 25.8 Å². The minimum Gasteiger partial charge on any atom is -0.378 e. The van der Waals surface area contributed by atoms with Gasteiger partial charge in [0, 0.05) is 38.2 Å². The minimum absolute atomic E-state index is 0.805. The SMILES string of the molecule is CN(C)c1cccc(N2C=c3cnoc3=CC2)c1. The summed E-state index contributed by atoms with van der Waals surface area (Å²) in [6.07, 6.45) is 5.86. The van der Waals surface area contributed by atoms with Crippen LogP contribution < -0.4 is 20.4 Å². The molecular formula is C14H15N3O. The molecule has 2 heterocycles. The summed E-state index contributed by atoms with van der Waals surface area (Å²) in [6, 6.07) is 8.45. The topological polar surface area (TPSA) is 32.5 Å². The van der Waals surface area contributed by atoms with E-state index in [2.05, 4.69) is 45.4 Å². The zero-order valence-corrected chi connectivity index (χ0v) is 10.5. The van der Waals surface area contributed by atoms with Crippen LogP contribution >= 0.6 is 0 Å². The summed E-state index contributed by atoms with van der Waals surface area (Å²) in [5.74, 6) is 0. The zero-order valence-electron chi connectivity index (χ0n) is 10.5. The molecule has 92 valence electrons. The third-order valence-electron chi connectivity index (χ3n) is 3.07.